The minimum Gasteiger partial charge on any atom is -0.505 e. The Morgan fingerprint density at radius 3 is 2.92 bits per heavy atom. The molecule has 12 heavy (non-hydrogen) atoms. The lowest BCUT2D eigenvalue weighted by molar-refractivity contribution is 0.107. The standard InChI is InChI=1S/C7H3ClN2O2/c8-7(12)5-1-4(2-9)6(11)3-10-5/h1,3,11H. The molecule has 0 unspecified atom stereocenters. The fourth-order valence-electron chi connectivity index (χ4n) is 0.645. The van der Waals surface area contributed by atoms with Crippen LogP contribution in [0.3, 0.4) is 0 Å². The van der Waals surface area contributed by atoms with Crippen LogP contribution in [0.4, 0.5) is 0 Å². The minimum absolute atomic E-state index is 0.0194. The van der Waals surface area contributed by atoms with Crippen LogP contribution < -0.4 is 0 Å². The van der Waals surface area contributed by atoms with Crippen LogP contribution in [-0.4, -0.2) is 15.3 Å². The van der Waals surface area contributed by atoms with E-state index in [1.165, 1.54) is 0 Å². The molecule has 1 N–H and O–H groups in total. The third kappa shape index (κ3) is 1.52. The van der Waals surface area contributed by atoms with Gasteiger partial charge in [-0.05, 0) is 17.7 Å². The molecule has 1 aromatic heterocycles. The van der Waals surface area contributed by atoms with Crippen molar-refractivity contribution in [2.75, 3.05) is 0 Å². The third-order valence-electron chi connectivity index (χ3n) is 1.20. The Bertz CT molecular complexity index is 370. The molecule has 1 heterocycles. The number of nitrogens with zero attached hydrogens (tertiary/aromatic N) is 2. The molecular weight excluding hydrogens is 180 g/mol. The minimum atomic E-state index is -0.758. The number of aromatic nitrogens is 1. The number of nitriles is 1. The summed E-state index contributed by atoms with van der Waals surface area (Å²) in [6.45, 7) is 0. The topological polar surface area (TPSA) is 74.0 Å². The summed E-state index contributed by atoms with van der Waals surface area (Å²) < 4.78 is 0. The summed E-state index contributed by atoms with van der Waals surface area (Å²) in [7, 11) is 0. The number of hydrogen-bond acceptors (Lipinski definition) is 4. The molecule has 4 nitrogen and oxygen atoms in total. The van der Waals surface area contributed by atoms with E-state index < -0.39 is 5.24 Å². The zero-order valence-electron chi connectivity index (χ0n) is 5.78. The lowest BCUT2D eigenvalue weighted by Gasteiger charge is -1.95. The van der Waals surface area contributed by atoms with Crippen LogP contribution >= 0.6 is 11.6 Å². The van der Waals surface area contributed by atoms with Crippen LogP contribution in [0.25, 0.3) is 0 Å². The maximum atomic E-state index is 10.5. The summed E-state index contributed by atoms with van der Waals surface area (Å²) in [5.74, 6) is -0.265. The average Bonchev–Trinajstić information content (AvgIpc) is 2.05. The van der Waals surface area contributed by atoms with E-state index in [4.69, 9.17) is 22.0 Å². The van der Waals surface area contributed by atoms with Crippen molar-refractivity contribution in [3.05, 3.63) is 23.5 Å². The van der Waals surface area contributed by atoms with Crippen LogP contribution in [0.2, 0.25) is 0 Å². The van der Waals surface area contributed by atoms with E-state index in [1.807, 2.05) is 0 Å². The summed E-state index contributed by atoms with van der Waals surface area (Å²) in [4.78, 5) is 14.0. The second-order valence-corrected chi connectivity index (χ2v) is 2.32. The van der Waals surface area contributed by atoms with Gasteiger partial charge in [0.05, 0.1) is 11.8 Å². The molecule has 5 heteroatoms. The molecular formula is C7H3ClN2O2. The van der Waals surface area contributed by atoms with Gasteiger partial charge in [-0.1, -0.05) is 0 Å². The highest BCUT2D eigenvalue weighted by molar-refractivity contribution is 6.67. The molecule has 0 amide bonds. The largest absolute Gasteiger partial charge is 0.505 e. The van der Waals surface area contributed by atoms with E-state index in [-0.39, 0.29) is 17.0 Å². The Morgan fingerprint density at radius 1 is 1.75 bits per heavy atom. The maximum Gasteiger partial charge on any atom is 0.270 e. The first-order valence-corrected chi connectivity index (χ1v) is 3.32. The van der Waals surface area contributed by atoms with Crippen LogP contribution in [0.1, 0.15) is 16.1 Å². The number of halogens is 1. The highest BCUT2D eigenvalue weighted by Gasteiger charge is 2.07. The highest BCUT2D eigenvalue weighted by Crippen LogP contribution is 2.15. The second-order valence-electron chi connectivity index (χ2n) is 1.97. The van der Waals surface area contributed by atoms with Gasteiger partial charge < -0.3 is 5.11 Å². The molecule has 0 fully saturated rings. The first kappa shape index (κ1) is 8.50. The molecule has 0 saturated heterocycles. The number of hydrogen-bond donors (Lipinski definition) is 1. The van der Waals surface area contributed by atoms with Crippen molar-refractivity contribution in [1.29, 1.82) is 5.26 Å². The lowest BCUT2D eigenvalue weighted by atomic mass is 10.2. The molecule has 60 valence electrons. The van der Waals surface area contributed by atoms with E-state index in [2.05, 4.69) is 4.98 Å². The maximum absolute atomic E-state index is 10.5. The van der Waals surface area contributed by atoms with Gasteiger partial charge in [0.2, 0.25) is 0 Å². The molecule has 0 aliphatic heterocycles. The van der Waals surface area contributed by atoms with Crippen LogP contribution in [-0.2, 0) is 0 Å². The van der Waals surface area contributed by atoms with Crippen LogP contribution in [0, 0.1) is 11.3 Å². The van der Waals surface area contributed by atoms with Crippen molar-refractivity contribution in [1.82, 2.24) is 4.98 Å². The highest BCUT2D eigenvalue weighted by atomic mass is 35.5. The van der Waals surface area contributed by atoms with Crippen molar-refractivity contribution in [3.8, 4) is 11.8 Å². The summed E-state index contributed by atoms with van der Waals surface area (Å²) >= 11 is 5.09. The summed E-state index contributed by atoms with van der Waals surface area (Å²) in [6.07, 6.45) is 1.01. The lowest BCUT2D eigenvalue weighted by Crippen LogP contribution is -1.94. The van der Waals surface area contributed by atoms with Crippen LogP contribution in [0.15, 0.2) is 12.3 Å². The van der Waals surface area contributed by atoms with E-state index in [0.717, 1.165) is 12.3 Å². The smallest absolute Gasteiger partial charge is 0.270 e. The van der Waals surface area contributed by atoms with Gasteiger partial charge in [-0.2, -0.15) is 5.26 Å². The average molecular weight is 183 g/mol. The Labute approximate surface area is 73.0 Å². The Balaban J connectivity index is 3.25. The summed E-state index contributed by atoms with van der Waals surface area (Å²) in [5.41, 5.74) is -0.0694. The van der Waals surface area contributed by atoms with Gasteiger partial charge in [-0.15, -0.1) is 0 Å². The number of pyridine rings is 1. The normalized spacial score (nSPS) is 9.00. The zero-order valence-corrected chi connectivity index (χ0v) is 6.54. The Kier molecular flexibility index (Phi) is 2.26. The van der Waals surface area contributed by atoms with Crippen LogP contribution in [0.5, 0.6) is 5.75 Å². The van der Waals surface area contributed by atoms with Crippen molar-refractivity contribution < 1.29 is 9.90 Å². The van der Waals surface area contributed by atoms with Gasteiger partial charge in [-0.25, -0.2) is 4.98 Å². The molecule has 0 spiro atoms. The monoisotopic (exact) mass is 182 g/mol. The summed E-state index contributed by atoms with van der Waals surface area (Å²) in [5, 5.41) is 16.7. The van der Waals surface area contributed by atoms with Crippen molar-refractivity contribution in [2.24, 2.45) is 0 Å². The van der Waals surface area contributed by atoms with E-state index in [9.17, 15) is 4.79 Å². The van der Waals surface area contributed by atoms with Crippen molar-refractivity contribution in [3.63, 3.8) is 0 Å². The fraction of sp³-hybridized carbons (Fsp3) is 0. The van der Waals surface area contributed by atoms with E-state index in [0.29, 0.717) is 0 Å². The predicted molar refractivity (Wildman–Crippen MR) is 40.8 cm³/mol. The van der Waals surface area contributed by atoms with Gasteiger partial charge in [0.15, 0.2) is 5.75 Å². The van der Waals surface area contributed by atoms with Crippen molar-refractivity contribution >= 4 is 16.8 Å². The molecule has 1 rings (SSSR count). The quantitative estimate of drug-likeness (QED) is 0.659. The first-order chi connectivity index (χ1) is 5.65. The van der Waals surface area contributed by atoms with Gasteiger partial charge in [0.25, 0.3) is 5.24 Å². The fourth-order valence-corrected chi connectivity index (χ4v) is 0.749. The molecule has 0 saturated carbocycles. The molecule has 0 aliphatic carbocycles. The van der Waals surface area contributed by atoms with Gasteiger partial charge in [0, 0.05) is 0 Å². The molecule has 0 radical (unpaired) electrons. The van der Waals surface area contributed by atoms with Gasteiger partial charge in [-0.3, -0.25) is 4.79 Å². The third-order valence-corrected chi connectivity index (χ3v) is 1.40. The first-order valence-electron chi connectivity index (χ1n) is 2.94. The molecule has 1 aromatic rings. The van der Waals surface area contributed by atoms with Gasteiger partial charge in [0.1, 0.15) is 11.8 Å². The van der Waals surface area contributed by atoms with Gasteiger partial charge >= 0.3 is 0 Å². The number of carbonyl (C=O) groups is 1. The number of carbonyl (C=O) groups excluding carboxylic acids is 1. The second kappa shape index (κ2) is 3.20. The van der Waals surface area contributed by atoms with E-state index in [1.54, 1.807) is 6.07 Å². The number of rotatable bonds is 1. The van der Waals surface area contributed by atoms with Crippen molar-refractivity contribution in [2.45, 2.75) is 0 Å². The number of aromatic hydroxyl groups is 1. The SMILES string of the molecule is N#Cc1cc(C(=O)Cl)ncc1O. The zero-order chi connectivity index (χ0) is 9.14. The summed E-state index contributed by atoms with van der Waals surface area (Å²) in [6, 6.07) is 2.82. The predicted octanol–water partition coefficient (Wildman–Crippen LogP) is 1.04. The molecule has 0 aliphatic rings. The van der Waals surface area contributed by atoms with E-state index >= 15 is 0 Å². The molecule has 0 atom stereocenters. The Morgan fingerprint density at radius 2 is 2.42 bits per heavy atom. The Hall–Kier alpha value is -1.60. The molecule has 0 aromatic carbocycles. The molecule has 0 bridgehead atoms.